The third kappa shape index (κ3) is 6.62. The number of anilines is 2. The van der Waals surface area contributed by atoms with E-state index in [-0.39, 0.29) is 12.5 Å². The van der Waals surface area contributed by atoms with Gasteiger partial charge in [0, 0.05) is 20.6 Å². The van der Waals surface area contributed by atoms with Crippen LogP contribution < -0.4 is 15.5 Å². The minimum atomic E-state index is -0.452. The molecule has 1 atom stereocenters. The number of urea groups is 1. The Morgan fingerprint density at radius 3 is 2.48 bits per heavy atom. The SMILES string of the molecule is CCOC(=O)C(CNC(=O)Nc1ccc(N(C)C)nc1)Cc1ccccc1. The van der Waals surface area contributed by atoms with Gasteiger partial charge in [0.2, 0.25) is 0 Å². The molecule has 0 aliphatic carbocycles. The first kappa shape index (κ1) is 20.2. The number of esters is 1. The van der Waals surface area contributed by atoms with Gasteiger partial charge in [0.05, 0.1) is 24.4 Å². The van der Waals surface area contributed by atoms with Gasteiger partial charge in [-0.1, -0.05) is 30.3 Å². The molecule has 27 heavy (non-hydrogen) atoms. The average molecular weight is 370 g/mol. The Hall–Kier alpha value is -3.09. The molecular formula is C20H26N4O3. The summed E-state index contributed by atoms with van der Waals surface area (Å²) >= 11 is 0. The van der Waals surface area contributed by atoms with Crippen LogP contribution in [0.15, 0.2) is 48.7 Å². The zero-order chi connectivity index (χ0) is 19.6. The number of amides is 2. The average Bonchev–Trinajstić information content (AvgIpc) is 2.66. The van der Waals surface area contributed by atoms with Gasteiger partial charge >= 0.3 is 12.0 Å². The predicted molar refractivity (Wildman–Crippen MR) is 106 cm³/mol. The van der Waals surface area contributed by atoms with Gasteiger partial charge in [-0.2, -0.15) is 0 Å². The first-order chi connectivity index (χ1) is 13.0. The molecule has 0 saturated carbocycles. The smallest absolute Gasteiger partial charge is 0.319 e. The molecule has 2 amide bonds. The summed E-state index contributed by atoms with van der Waals surface area (Å²) in [7, 11) is 3.79. The number of benzene rings is 1. The summed E-state index contributed by atoms with van der Waals surface area (Å²) < 4.78 is 5.14. The Morgan fingerprint density at radius 1 is 1.15 bits per heavy atom. The summed E-state index contributed by atoms with van der Waals surface area (Å²) in [6, 6.07) is 12.8. The number of carbonyl (C=O) groups excluding carboxylic acids is 2. The highest BCUT2D eigenvalue weighted by Crippen LogP contribution is 2.12. The van der Waals surface area contributed by atoms with Crippen LogP contribution in [0.1, 0.15) is 12.5 Å². The van der Waals surface area contributed by atoms with Crippen LogP contribution in [0.4, 0.5) is 16.3 Å². The molecular weight excluding hydrogens is 344 g/mol. The number of ether oxygens (including phenoxy) is 1. The Bertz CT molecular complexity index is 733. The fraction of sp³-hybridized carbons (Fsp3) is 0.350. The third-order valence-corrected chi connectivity index (χ3v) is 3.92. The number of aromatic nitrogens is 1. The van der Waals surface area contributed by atoms with Crippen LogP contribution in [0.25, 0.3) is 0 Å². The molecule has 0 radical (unpaired) electrons. The van der Waals surface area contributed by atoms with E-state index in [1.165, 1.54) is 0 Å². The van der Waals surface area contributed by atoms with Crippen molar-refractivity contribution in [2.75, 3.05) is 37.5 Å². The van der Waals surface area contributed by atoms with Crippen LogP contribution in [0.5, 0.6) is 0 Å². The lowest BCUT2D eigenvalue weighted by Gasteiger charge is -2.17. The van der Waals surface area contributed by atoms with E-state index in [9.17, 15) is 9.59 Å². The molecule has 1 aromatic heterocycles. The van der Waals surface area contributed by atoms with Crippen molar-refractivity contribution >= 4 is 23.5 Å². The third-order valence-electron chi connectivity index (χ3n) is 3.92. The fourth-order valence-corrected chi connectivity index (χ4v) is 2.51. The zero-order valence-corrected chi connectivity index (χ0v) is 15.9. The molecule has 1 aromatic carbocycles. The fourth-order valence-electron chi connectivity index (χ4n) is 2.51. The maximum atomic E-state index is 12.2. The maximum absolute atomic E-state index is 12.2. The highest BCUT2D eigenvalue weighted by Gasteiger charge is 2.21. The van der Waals surface area contributed by atoms with Crippen LogP contribution in [-0.4, -0.2) is 44.2 Å². The maximum Gasteiger partial charge on any atom is 0.319 e. The van der Waals surface area contributed by atoms with Crippen LogP contribution in [0, 0.1) is 5.92 Å². The van der Waals surface area contributed by atoms with E-state index in [1.54, 1.807) is 19.2 Å². The highest BCUT2D eigenvalue weighted by molar-refractivity contribution is 5.89. The number of hydrogen-bond donors (Lipinski definition) is 2. The minimum absolute atomic E-state index is 0.183. The van der Waals surface area contributed by atoms with Gasteiger partial charge in [0.1, 0.15) is 5.82 Å². The standard InChI is InChI=1S/C20H26N4O3/c1-4-27-19(25)16(12-15-8-6-5-7-9-15)13-22-20(26)23-17-10-11-18(21-14-17)24(2)3/h5-11,14,16H,4,12-13H2,1-3H3,(H2,22,23,26). The van der Waals surface area contributed by atoms with Gasteiger partial charge in [-0.05, 0) is 31.0 Å². The lowest BCUT2D eigenvalue weighted by molar-refractivity contribution is -0.147. The minimum Gasteiger partial charge on any atom is -0.466 e. The Labute approximate surface area is 159 Å². The van der Waals surface area contributed by atoms with E-state index in [0.717, 1.165) is 11.4 Å². The van der Waals surface area contributed by atoms with Crippen molar-refractivity contribution < 1.29 is 14.3 Å². The van der Waals surface area contributed by atoms with Crippen LogP contribution in [-0.2, 0) is 16.0 Å². The first-order valence-electron chi connectivity index (χ1n) is 8.88. The molecule has 0 aliphatic rings. The Morgan fingerprint density at radius 2 is 1.89 bits per heavy atom. The van der Waals surface area contributed by atoms with Gasteiger partial charge in [-0.15, -0.1) is 0 Å². The van der Waals surface area contributed by atoms with Crippen molar-refractivity contribution in [2.45, 2.75) is 13.3 Å². The van der Waals surface area contributed by atoms with Gasteiger partial charge < -0.3 is 20.3 Å². The molecule has 0 spiro atoms. The molecule has 0 fully saturated rings. The van der Waals surface area contributed by atoms with E-state index >= 15 is 0 Å². The van der Waals surface area contributed by atoms with Gasteiger partial charge in [-0.3, -0.25) is 4.79 Å². The molecule has 1 unspecified atom stereocenters. The van der Waals surface area contributed by atoms with E-state index < -0.39 is 11.9 Å². The van der Waals surface area contributed by atoms with Crippen molar-refractivity contribution in [3.63, 3.8) is 0 Å². The summed E-state index contributed by atoms with van der Waals surface area (Å²) in [5, 5.41) is 5.45. The quantitative estimate of drug-likeness (QED) is 0.698. The molecule has 7 heteroatoms. The summed E-state index contributed by atoms with van der Waals surface area (Å²) in [6.07, 6.45) is 2.08. The normalized spacial score (nSPS) is 11.4. The second-order valence-electron chi connectivity index (χ2n) is 6.27. The van der Waals surface area contributed by atoms with E-state index in [2.05, 4.69) is 15.6 Å². The lowest BCUT2D eigenvalue weighted by atomic mass is 9.99. The molecule has 0 bridgehead atoms. The van der Waals surface area contributed by atoms with Crippen molar-refractivity contribution in [2.24, 2.45) is 5.92 Å². The Kier molecular flexibility index (Phi) is 7.61. The number of carbonyl (C=O) groups is 2. The lowest BCUT2D eigenvalue weighted by Crippen LogP contribution is -2.37. The second kappa shape index (κ2) is 10.2. The molecule has 0 aliphatic heterocycles. The van der Waals surface area contributed by atoms with E-state index in [0.29, 0.717) is 18.7 Å². The van der Waals surface area contributed by atoms with Gasteiger partial charge in [0.15, 0.2) is 0 Å². The van der Waals surface area contributed by atoms with Crippen molar-refractivity contribution in [1.82, 2.24) is 10.3 Å². The van der Waals surface area contributed by atoms with Gasteiger partial charge in [0.25, 0.3) is 0 Å². The number of hydrogen-bond acceptors (Lipinski definition) is 5. The number of pyridine rings is 1. The zero-order valence-electron chi connectivity index (χ0n) is 15.9. The summed E-state index contributed by atoms with van der Waals surface area (Å²) in [4.78, 5) is 30.5. The highest BCUT2D eigenvalue weighted by atomic mass is 16.5. The van der Waals surface area contributed by atoms with Gasteiger partial charge in [-0.25, -0.2) is 9.78 Å². The Balaban J connectivity index is 1.92. The summed E-state index contributed by atoms with van der Waals surface area (Å²) in [5.41, 5.74) is 1.59. The molecule has 7 nitrogen and oxygen atoms in total. The summed E-state index contributed by atoms with van der Waals surface area (Å²) in [6.45, 7) is 2.25. The van der Waals surface area contributed by atoms with Crippen molar-refractivity contribution in [3.05, 3.63) is 54.2 Å². The van der Waals surface area contributed by atoms with E-state index in [1.807, 2.05) is 55.4 Å². The molecule has 144 valence electrons. The number of nitrogens with zero attached hydrogens (tertiary/aromatic N) is 2. The van der Waals surface area contributed by atoms with Crippen molar-refractivity contribution in [1.29, 1.82) is 0 Å². The number of nitrogens with one attached hydrogen (secondary N) is 2. The first-order valence-corrected chi connectivity index (χ1v) is 8.88. The molecule has 2 N–H and O–H groups in total. The monoisotopic (exact) mass is 370 g/mol. The second-order valence-corrected chi connectivity index (χ2v) is 6.27. The van der Waals surface area contributed by atoms with Crippen LogP contribution in [0.2, 0.25) is 0 Å². The van der Waals surface area contributed by atoms with Crippen molar-refractivity contribution in [3.8, 4) is 0 Å². The molecule has 0 saturated heterocycles. The summed E-state index contributed by atoms with van der Waals surface area (Å²) in [5.74, 6) is 0.0252. The molecule has 2 rings (SSSR count). The largest absolute Gasteiger partial charge is 0.466 e. The predicted octanol–water partition coefficient (Wildman–Crippen LogP) is 2.69. The van der Waals surface area contributed by atoms with E-state index in [4.69, 9.17) is 4.74 Å². The topological polar surface area (TPSA) is 83.6 Å². The molecule has 1 heterocycles. The number of rotatable bonds is 8. The molecule has 2 aromatic rings. The van der Waals surface area contributed by atoms with Crippen LogP contribution >= 0.6 is 0 Å². The van der Waals surface area contributed by atoms with Crippen LogP contribution in [0.3, 0.4) is 0 Å².